The van der Waals surface area contributed by atoms with E-state index in [1.54, 1.807) is 30.3 Å². The van der Waals surface area contributed by atoms with Gasteiger partial charge in [-0.2, -0.15) is 0 Å². The van der Waals surface area contributed by atoms with Gasteiger partial charge in [0.2, 0.25) is 0 Å². The van der Waals surface area contributed by atoms with Crippen molar-refractivity contribution >= 4 is 16.7 Å². The van der Waals surface area contributed by atoms with Crippen LogP contribution in [0.4, 0.5) is 13.2 Å². The number of fused-ring (bicyclic) bond motifs is 1. The summed E-state index contributed by atoms with van der Waals surface area (Å²) in [7, 11) is 1.30. The molecule has 0 amide bonds. The molecule has 5 heteroatoms. The van der Waals surface area contributed by atoms with E-state index in [4.69, 9.17) is 4.74 Å². The SMILES string of the molecule is COC(=O)C(CCCc1cccc2ccccc12)CCc1c(F)cc(-c2ccccc2)c(F)c1F. The Morgan fingerprint density at radius 3 is 2.31 bits per heavy atom. The Bertz CT molecular complexity index is 1310. The van der Waals surface area contributed by atoms with Gasteiger partial charge in [-0.3, -0.25) is 4.79 Å². The normalized spacial score (nSPS) is 12.0. The molecular weight excluding hydrogens is 449 g/mol. The maximum atomic E-state index is 14.8. The first-order chi connectivity index (χ1) is 17.0. The number of hydrogen-bond donors (Lipinski definition) is 0. The molecule has 0 radical (unpaired) electrons. The first kappa shape index (κ1) is 24.5. The van der Waals surface area contributed by atoms with Crippen LogP contribution in [0.5, 0.6) is 0 Å². The quantitative estimate of drug-likeness (QED) is 0.183. The number of halogens is 3. The second-order valence-corrected chi connectivity index (χ2v) is 8.67. The monoisotopic (exact) mass is 476 g/mol. The molecule has 0 saturated heterocycles. The lowest BCUT2D eigenvalue weighted by Crippen LogP contribution is -2.18. The summed E-state index contributed by atoms with van der Waals surface area (Å²) >= 11 is 0. The number of esters is 1. The van der Waals surface area contributed by atoms with Crippen molar-refractivity contribution in [1.29, 1.82) is 0 Å². The van der Waals surface area contributed by atoms with Gasteiger partial charge in [0.05, 0.1) is 13.0 Å². The maximum Gasteiger partial charge on any atom is 0.308 e. The van der Waals surface area contributed by atoms with E-state index in [-0.39, 0.29) is 24.0 Å². The molecule has 0 N–H and O–H groups in total. The molecule has 0 aliphatic rings. The van der Waals surface area contributed by atoms with Crippen molar-refractivity contribution in [1.82, 2.24) is 0 Å². The molecule has 0 bridgehead atoms. The van der Waals surface area contributed by atoms with E-state index in [0.717, 1.165) is 17.9 Å². The summed E-state index contributed by atoms with van der Waals surface area (Å²) in [6, 6.07) is 23.6. The number of aryl methyl sites for hydroxylation is 1. The zero-order chi connectivity index (χ0) is 24.8. The van der Waals surface area contributed by atoms with Crippen LogP contribution in [-0.2, 0) is 22.4 Å². The zero-order valence-electron chi connectivity index (χ0n) is 19.6. The summed E-state index contributed by atoms with van der Waals surface area (Å²) < 4.78 is 49.3. The molecule has 4 aromatic carbocycles. The first-order valence-electron chi connectivity index (χ1n) is 11.8. The highest BCUT2D eigenvalue weighted by molar-refractivity contribution is 5.85. The number of methoxy groups -OCH3 is 1. The molecule has 1 unspecified atom stereocenters. The van der Waals surface area contributed by atoms with E-state index >= 15 is 0 Å². The lowest BCUT2D eigenvalue weighted by Gasteiger charge is -2.16. The third-order valence-electron chi connectivity index (χ3n) is 6.49. The largest absolute Gasteiger partial charge is 0.469 e. The Balaban J connectivity index is 1.46. The molecule has 0 heterocycles. The predicted molar refractivity (Wildman–Crippen MR) is 132 cm³/mol. The van der Waals surface area contributed by atoms with Gasteiger partial charge in [0, 0.05) is 11.1 Å². The van der Waals surface area contributed by atoms with Crippen molar-refractivity contribution in [2.24, 2.45) is 5.92 Å². The van der Waals surface area contributed by atoms with Crippen LogP contribution in [0.25, 0.3) is 21.9 Å². The van der Waals surface area contributed by atoms with Gasteiger partial charge in [-0.25, -0.2) is 13.2 Å². The minimum absolute atomic E-state index is 0.0995. The van der Waals surface area contributed by atoms with Gasteiger partial charge in [-0.15, -0.1) is 0 Å². The molecule has 1 atom stereocenters. The number of ether oxygens (including phenoxy) is 1. The van der Waals surface area contributed by atoms with E-state index < -0.39 is 29.3 Å². The summed E-state index contributed by atoms with van der Waals surface area (Å²) in [5.74, 6) is -4.07. The highest BCUT2D eigenvalue weighted by Crippen LogP contribution is 2.30. The van der Waals surface area contributed by atoms with Crippen LogP contribution in [0, 0.1) is 23.4 Å². The Morgan fingerprint density at radius 1 is 0.829 bits per heavy atom. The van der Waals surface area contributed by atoms with Crippen molar-refractivity contribution in [2.75, 3.05) is 7.11 Å². The minimum atomic E-state index is -1.21. The van der Waals surface area contributed by atoms with Crippen LogP contribution in [0.1, 0.15) is 30.4 Å². The molecular formula is C30H27F3O2. The number of hydrogen-bond acceptors (Lipinski definition) is 2. The summed E-state index contributed by atoms with van der Waals surface area (Å²) in [4.78, 5) is 12.4. The molecule has 0 aliphatic carbocycles. The molecule has 180 valence electrons. The predicted octanol–water partition coefficient (Wildman–Crippen LogP) is 7.67. The standard InChI is InChI=1S/C30H27F3O2/c1-35-30(34)23(15-8-14-21-13-7-12-20-11-5-6-16-24(20)21)17-18-25-27(31)19-26(29(33)28(25)32)22-9-3-2-4-10-22/h2-7,9-13,16,19,23H,8,14-15,17-18H2,1H3. The lowest BCUT2D eigenvalue weighted by molar-refractivity contribution is -0.145. The topological polar surface area (TPSA) is 26.3 Å². The molecule has 0 aliphatic heterocycles. The summed E-state index contributed by atoms with van der Waals surface area (Å²) in [5, 5.41) is 2.32. The zero-order valence-corrected chi connectivity index (χ0v) is 19.6. The Labute approximate surface area is 203 Å². The second-order valence-electron chi connectivity index (χ2n) is 8.67. The molecule has 0 spiro atoms. The fourth-order valence-electron chi connectivity index (χ4n) is 4.60. The van der Waals surface area contributed by atoms with E-state index in [2.05, 4.69) is 24.3 Å². The number of rotatable bonds is 9. The Hall–Kier alpha value is -3.60. The lowest BCUT2D eigenvalue weighted by atomic mass is 9.91. The van der Waals surface area contributed by atoms with Crippen molar-refractivity contribution in [3.8, 4) is 11.1 Å². The van der Waals surface area contributed by atoms with Gasteiger partial charge in [-0.1, -0.05) is 72.8 Å². The average molecular weight is 477 g/mol. The second kappa shape index (κ2) is 11.2. The van der Waals surface area contributed by atoms with Crippen molar-refractivity contribution < 1.29 is 22.7 Å². The van der Waals surface area contributed by atoms with Crippen LogP contribution >= 0.6 is 0 Å². The smallest absolute Gasteiger partial charge is 0.308 e. The van der Waals surface area contributed by atoms with Crippen LogP contribution in [0.3, 0.4) is 0 Å². The van der Waals surface area contributed by atoms with Crippen LogP contribution < -0.4 is 0 Å². The van der Waals surface area contributed by atoms with E-state index in [1.165, 1.54) is 18.1 Å². The van der Waals surface area contributed by atoms with E-state index in [1.807, 2.05) is 18.2 Å². The summed E-state index contributed by atoms with van der Waals surface area (Å²) in [6.45, 7) is 0. The van der Waals surface area contributed by atoms with E-state index in [0.29, 0.717) is 18.4 Å². The van der Waals surface area contributed by atoms with Crippen molar-refractivity contribution in [2.45, 2.75) is 32.1 Å². The van der Waals surface area contributed by atoms with Gasteiger partial charge in [0.25, 0.3) is 0 Å². The molecule has 4 aromatic rings. The highest BCUT2D eigenvalue weighted by Gasteiger charge is 2.24. The van der Waals surface area contributed by atoms with Crippen LogP contribution in [0.15, 0.2) is 78.9 Å². The van der Waals surface area contributed by atoms with Gasteiger partial charge in [0.1, 0.15) is 5.82 Å². The van der Waals surface area contributed by atoms with Gasteiger partial charge >= 0.3 is 5.97 Å². The van der Waals surface area contributed by atoms with Gasteiger partial charge in [0.15, 0.2) is 11.6 Å². The summed E-state index contributed by atoms with van der Waals surface area (Å²) in [6.07, 6.45) is 2.04. The molecule has 0 saturated carbocycles. The summed E-state index contributed by atoms with van der Waals surface area (Å²) in [5.41, 5.74) is 1.12. The van der Waals surface area contributed by atoms with E-state index in [9.17, 15) is 18.0 Å². The number of carbonyl (C=O) groups is 1. The van der Waals surface area contributed by atoms with Crippen molar-refractivity contribution in [3.63, 3.8) is 0 Å². The number of benzene rings is 4. The maximum absolute atomic E-state index is 14.8. The minimum Gasteiger partial charge on any atom is -0.469 e. The van der Waals surface area contributed by atoms with Crippen LogP contribution in [0.2, 0.25) is 0 Å². The van der Waals surface area contributed by atoms with Crippen LogP contribution in [-0.4, -0.2) is 13.1 Å². The molecule has 0 fully saturated rings. The third kappa shape index (κ3) is 5.56. The van der Waals surface area contributed by atoms with Gasteiger partial charge in [-0.05, 0) is 60.1 Å². The number of carbonyl (C=O) groups excluding carboxylic acids is 1. The molecule has 4 rings (SSSR count). The first-order valence-corrected chi connectivity index (χ1v) is 11.8. The molecule has 0 aromatic heterocycles. The Kier molecular flexibility index (Phi) is 7.86. The van der Waals surface area contributed by atoms with Gasteiger partial charge < -0.3 is 4.74 Å². The average Bonchev–Trinajstić information content (AvgIpc) is 2.89. The van der Waals surface area contributed by atoms with Crippen molar-refractivity contribution in [3.05, 3.63) is 107 Å². The molecule has 2 nitrogen and oxygen atoms in total. The fourth-order valence-corrected chi connectivity index (χ4v) is 4.60. The Morgan fingerprint density at radius 2 is 1.54 bits per heavy atom. The highest BCUT2D eigenvalue weighted by atomic mass is 19.2. The fraction of sp³-hybridized carbons (Fsp3) is 0.233. The molecule has 35 heavy (non-hydrogen) atoms. The third-order valence-corrected chi connectivity index (χ3v) is 6.49.